The van der Waals surface area contributed by atoms with Crippen molar-refractivity contribution in [1.29, 1.82) is 0 Å². The number of carbonyl (C=O) groups excluding carboxylic acids is 1. The van der Waals surface area contributed by atoms with Gasteiger partial charge in [-0.1, -0.05) is 55.5 Å². The maximum Gasteiger partial charge on any atom is 0.306 e. The van der Waals surface area contributed by atoms with E-state index in [2.05, 4.69) is 55.5 Å². The number of likely N-dealkylation sites (N-methyl/N-ethyl adjacent to an activating group) is 1. The van der Waals surface area contributed by atoms with Gasteiger partial charge in [0.25, 0.3) is 0 Å². The van der Waals surface area contributed by atoms with Crippen LogP contribution in [-0.4, -0.2) is 38.1 Å². The van der Waals surface area contributed by atoms with Crippen LogP contribution in [0.25, 0.3) is 11.1 Å². The molecular formula is C21H25NO2. The molecule has 0 fully saturated rings. The van der Waals surface area contributed by atoms with Gasteiger partial charge in [-0.3, -0.25) is 4.79 Å². The van der Waals surface area contributed by atoms with Crippen molar-refractivity contribution in [2.24, 2.45) is 5.92 Å². The SMILES string of the molecule is CC(CC(=O)OCCN(C)C)C1c2ccccc2-c2ccccc21. The van der Waals surface area contributed by atoms with Gasteiger partial charge in [-0.15, -0.1) is 0 Å². The third-order valence-electron chi connectivity index (χ3n) is 4.74. The minimum absolute atomic E-state index is 0.105. The van der Waals surface area contributed by atoms with Crippen molar-refractivity contribution < 1.29 is 9.53 Å². The Bertz CT molecular complexity index is 678. The molecule has 3 rings (SSSR count). The molecule has 24 heavy (non-hydrogen) atoms. The van der Waals surface area contributed by atoms with Gasteiger partial charge in [0, 0.05) is 18.9 Å². The van der Waals surface area contributed by atoms with E-state index in [1.54, 1.807) is 0 Å². The number of nitrogens with zero attached hydrogens (tertiary/aromatic N) is 1. The van der Waals surface area contributed by atoms with E-state index in [1.165, 1.54) is 22.3 Å². The molecular weight excluding hydrogens is 298 g/mol. The third kappa shape index (κ3) is 3.36. The number of esters is 1. The molecule has 0 heterocycles. The standard InChI is InChI=1S/C21H25NO2/c1-15(14-20(23)24-13-12-22(2)3)21-18-10-6-4-8-16(18)17-9-5-7-11-19(17)21/h4-11,15,21H,12-14H2,1-3H3. The van der Waals surface area contributed by atoms with Crippen molar-refractivity contribution in [3.8, 4) is 11.1 Å². The number of carbonyl (C=O) groups is 1. The quantitative estimate of drug-likeness (QED) is 0.754. The van der Waals surface area contributed by atoms with Gasteiger partial charge in [-0.2, -0.15) is 0 Å². The average molecular weight is 323 g/mol. The molecule has 2 aromatic rings. The van der Waals surface area contributed by atoms with Gasteiger partial charge in [0.2, 0.25) is 0 Å². The highest BCUT2D eigenvalue weighted by Crippen LogP contribution is 2.48. The van der Waals surface area contributed by atoms with Gasteiger partial charge in [0.05, 0.1) is 0 Å². The summed E-state index contributed by atoms with van der Waals surface area (Å²) < 4.78 is 5.38. The lowest BCUT2D eigenvalue weighted by Crippen LogP contribution is -2.22. The van der Waals surface area contributed by atoms with Crippen LogP contribution in [0.4, 0.5) is 0 Å². The summed E-state index contributed by atoms with van der Waals surface area (Å²) in [7, 11) is 3.95. The molecule has 0 amide bonds. The van der Waals surface area contributed by atoms with Crippen LogP contribution in [0.1, 0.15) is 30.4 Å². The Morgan fingerprint density at radius 1 is 1.04 bits per heavy atom. The van der Waals surface area contributed by atoms with Crippen LogP contribution in [0, 0.1) is 5.92 Å². The number of hydrogen-bond acceptors (Lipinski definition) is 3. The zero-order chi connectivity index (χ0) is 17.1. The van der Waals surface area contributed by atoms with Crippen molar-refractivity contribution in [2.75, 3.05) is 27.2 Å². The molecule has 3 heteroatoms. The van der Waals surface area contributed by atoms with Crippen LogP contribution in [0.15, 0.2) is 48.5 Å². The summed E-state index contributed by atoms with van der Waals surface area (Å²) >= 11 is 0. The van der Waals surface area contributed by atoms with E-state index >= 15 is 0 Å². The molecule has 0 aromatic heterocycles. The third-order valence-corrected chi connectivity index (χ3v) is 4.74. The fourth-order valence-electron chi connectivity index (χ4n) is 3.59. The Morgan fingerprint density at radius 3 is 2.12 bits per heavy atom. The van der Waals surface area contributed by atoms with Crippen LogP contribution >= 0.6 is 0 Å². The van der Waals surface area contributed by atoms with Crippen LogP contribution < -0.4 is 0 Å². The van der Waals surface area contributed by atoms with E-state index in [4.69, 9.17) is 4.74 Å². The van der Waals surface area contributed by atoms with Crippen molar-refractivity contribution in [3.05, 3.63) is 59.7 Å². The topological polar surface area (TPSA) is 29.5 Å². The molecule has 0 N–H and O–H groups in total. The Morgan fingerprint density at radius 2 is 1.58 bits per heavy atom. The summed E-state index contributed by atoms with van der Waals surface area (Å²) in [6.45, 7) is 3.36. The summed E-state index contributed by atoms with van der Waals surface area (Å²) in [6, 6.07) is 17.1. The van der Waals surface area contributed by atoms with Crippen molar-refractivity contribution in [3.63, 3.8) is 0 Å². The maximum atomic E-state index is 12.2. The van der Waals surface area contributed by atoms with Gasteiger partial charge >= 0.3 is 5.97 Å². The minimum atomic E-state index is -0.105. The second kappa shape index (κ2) is 7.18. The summed E-state index contributed by atoms with van der Waals surface area (Å²) in [5, 5.41) is 0. The predicted molar refractivity (Wildman–Crippen MR) is 97.0 cm³/mol. The lowest BCUT2D eigenvalue weighted by molar-refractivity contribution is -0.145. The van der Waals surface area contributed by atoms with Crippen molar-refractivity contribution in [2.45, 2.75) is 19.3 Å². The number of fused-ring (bicyclic) bond motifs is 3. The highest BCUT2D eigenvalue weighted by molar-refractivity contribution is 5.79. The first kappa shape index (κ1) is 16.7. The van der Waals surface area contributed by atoms with E-state index in [0.717, 1.165) is 6.54 Å². The molecule has 3 nitrogen and oxygen atoms in total. The van der Waals surface area contributed by atoms with Gasteiger partial charge in [-0.05, 0) is 42.3 Å². The fraction of sp³-hybridized carbons (Fsp3) is 0.381. The van der Waals surface area contributed by atoms with Crippen LogP contribution in [0.2, 0.25) is 0 Å². The summed E-state index contributed by atoms with van der Waals surface area (Å²) in [5.41, 5.74) is 5.25. The van der Waals surface area contributed by atoms with Gasteiger partial charge in [0.15, 0.2) is 0 Å². The second-order valence-electron chi connectivity index (χ2n) is 6.86. The molecule has 0 aliphatic heterocycles. The molecule has 0 saturated carbocycles. The molecule has 1 unspecified atom stereocenters. The van der Waals surface area contributed by atoms with Crippen molar-refractivity contribution in [1.82, 2.24) is 4.90 Å². The minimum Gasteiger partial charge on any atom is -0.464 e. The van der Waals surface area contributed by atoms with E-state index in [9.17, 15) is 4.79 Å². The lowest BCUT2D eigenvalue weighted by atomic mass is 9.83. The van der Waals surface area contributed by atoms with Crippen LogP contribution in [-0.2, 0) is 9.53 Å². The molecule has 0 saturated heterocycles. The predicted octanol–water partition coefficient (Wildman–Crippen LogP) is 3.93. The highest BCUT2D eigenvalue weighted by Gasteiger charge is 2.33. The highest BCUT2D eigenvalue weighted by atomic mass is 16.5. The largest absolute Gasteiger partial charge is 0.464 e. The van der Waals surface area contributed by atoms with Crippen LogP contribution in [0.3, 0.4) is 0 Å². The summed E-state index contributed by atoms with van der Waals surface area (Å²) in [6.07, 6.45) is 0.445. The maximum absolute atomic E-state index is 12.2. The Labute approximate surface area is 144 Å². The summed E-state index contributed by atoms with van der Waals surface area (Å²) in [5.74, 6) is 0.367. The van der Waals surface area contributed by atoms with E-state index < -0.39 is 0 Å². The molecule has 1 aliphatic rings. The second-order valence-corrected chi connectivity index (χ2v) is 6.86. The number of rotatable bonds is 6. The molecule has 126 valence electrons. The average Bonchev–Trinajstić information content (AvgIpc) is 2.89. The smallest absolute Gasteiger partial charge is 0.306 e. The monoisotopic (exact) mass is 323 g/mol. The molecule has 0 spiro atoms. The molecule has 2 aromatic carbocycles. The molecule has 1 aliphatic carbocycles. The number of hydrogen-bond donors (Lipinski definition) is 0. The lowest BCUT2D eigenvalue weighted by Gasteiger charge is -2.21. The summed E-state index contributed by atoms with van der Waals surface area (Å²) in [4.78, 5) is 14.2. The number of benzene rings is 2. The zero-order valence-corrected chi connectivity index (χ0v) is 14.7. The molecule has 1 atom stereocenters. The van der Waals surface area contributed by atoms with Gasteiger partial charge < -0.3 is 9.64 Å². The Kier molecular flexibility index (Phi) is 5.00. The first-order chi connectivity index (χ1) is 11.6. The van der Waals surface area contributed by atoms with Crippen LogP contribution in [0.5, 0.6) is 0 Å². The van der Waals surface area contributed by atoms with Gasteiger partial charge in [-0.25, -0.2) is 0 Å². The first-order valence-electron chi connectivity index (χ1n) is 8.56. The fourth-order valence-corrected chi connectivity index (χ4v) is 3.59. The zero-order valence-electron chi connectivity index (χ0n) is 14.7. The molecule has 0 radical (unpaired) electrons. The van der Waals surface area contributed by atoms with Crippen molar-refractivity contribution >= 4 is 5.97 Å². The van der Waals surface area contributed by atoms with E-state index in [1.807, 2.05) is 19.0 Å². The Balaban J connectivity index is 1.75. The Hall–Kier alpha value is -2.13. The van der Waals surface area contributed by atoms with E-state index in [0.29, 0.717) is 13.0 Å². The molecule has 0 bridgehead atoms. The first-order valence-corrected chi connectivity index (χ1v) is 8.56. The van der Waals surface area contributed by atoms with E-state index in [-0.39, 0.29) is 17.8 Å². The number of ether oxygens (including phenoxy) is 1. The normalized spacial score (nSPS) is 14.3. The van der Waals surface area contributed by atoms with Gasteiger partial charge in [0.1, 0.15) is 6.61 Å².